The van der Waals surface area contributed by atoms with Crippen LogP contribution in [0.25, 0.3) is 0 Å². The van der Waals surface area contributed by atoms with Gasteiger partial charge in [-0.3, -0.25) is 19.6 Å². The highest BCUT2D eigenvalue weighted by Crippen LogP contribution is 2.19. The molecular formula is C19H23ClN4O3. The molecule has 0 radical (unpaired) electrons. The van der Waals surface area contributed by atoms with E-state index in [4.69, 9.17) is 17.3 Å². The van der Waals surface area contributed by atoms with Crippen molar-refractivity contribution in [3.05, 3.63) is 70.8 Å². The molecule has 7 N–H and O–H groups in total. The van der Waals surface area contributed by atoms with Gasteiger partial charge in [0.1, 0.15) is 11.4 Å². The highest BCUT2D eigenvalue weighted by Gasteiger charge is 2.19. The number of aliphatic imine (C=N–C) groups is 2. The van der Waals surface area contributed by atoms with Crippen molar-refractivity contribution in [1.82, 2.24) is 6.15 Å². The van der Waals surface area contributed by atoms with E-state index in [0.29, 0.717) is 24.5 Å². The van der Waals surface area contributed by atoms with E-state index in [9.17, 15) is 9.59 Å². The summed E-state index contributed by atoms with van der Waals surface area (Å²) < 4.78 is 0. The second-order valence-corrected chi connectivity index (χ2v) is 5.63. The number of nitrogens with two attached hydrogens (primary N) is 1. The maximum atomic E-state index is 10.9. The minimum atomic E-state index is -0.472. The van der Waals surface area contributed by atoms with Gasteiger partial charge in [0, 0.05) is 11.1 Å². The van der Waals surface area contributed by atoms with Gasteiger partial charge >= 0.3 is 0 Å². The van der Waals surface area contributed by atoms with Crippen LogP contribution in [0, 0.1) is 0 Å². The van der Waals surface area contributed by atoms with Crippen LogP contribution in [0.4, 0.5) is 0 Å². The van der Waals surface area contributed by atoms with E-state index in [0.717, 1.165) is 22.3 Å². The lowest BCUT2D eigenvalue weighted by Gasteiger charge is -1.97. The quantitative estimate of drug-likeness (QED) is 0.755. The van der Waals surface area contributed by atoms with Gasteiger partial charge < -0.3 is 17.4 Å². The summed E-state index contributed by atoms with van der Waals surface area (Å²) in [5, 5.41) is -0.472. The Morgan fingerprint density at radius 1 is 0.852 bits per heavy atom. The first-order valence-electron chi connectivity index (χ1n) is 7.33. The van der Waals surface area contributed by atoms with Gasteiger partial charge in [0.2, 0.25) is 0 Å². The van der Waals surface area contributed by atoms with Crippen molar-refractivity contribution in [2.45, 2.75) is 20.5 Å². The molecule has 0 saturated heterocycles. The number of fused-ring (bicyclic) bond motifs is 2. The molecule has 27 heavy (non-hydrogen) atoms. The van der Waals surface area contributed by atoms with Gasteiger partial charge in [0.25, 0.3) is 11.1 Å². The van der Waals surface area contributed by atoms with E-state index in [2.05, 4.69) is 9.98 Å². The standard InChI is InChI=1S/C9H6ClNO.C9H8N2O.CH4.H3N.H2O/c2*10-9(12)8-7-4-2-1-3-6(7)5-11-8;;;/h1-4H,5H2;1-4H,5H2,(H2,10,12);1H4;1H3;1H2. The third-order valence-electron chi connectivity index (χ3n) is 3.78. The van der Waals surface area contributed by atoms with Gasteiger partial charge in [0.05, 0.1) is 13.1 Å². The fraction of sp³-hybridized carbons (Fsp3) is 0.158. The summed E-state index contributed by atoms with van der Waals surface area (Å²) in [4.78, 5) is 29.8. The first kappa shape index (κ1) is 24.1. The molecule has 0 bridgehead atoms. The fourth-order valence-electron chi connectivity index (χ4n) is 2.66. The maximum absolute atomic E-state index is 10.9. The Bertz CT molecular complexity index is 821. The summed E-state index contributed by atoms with van der Waals surface area (Å²) in [6.07, 6.45) is 0. The third kappa shape index (κ3) is 5.07. The molecule has 2 aromatic rings. The van der Waals surface area contributed by atoms with Crippen LogP contribution >= 0.6 is 11.6 Å². The molecule has 0 atom stereocenters. The first-order chi connectivity index (χ1) is 11.6. The SMILES string of the molecule is C.N.NC(=O)C1=NCc2ccccc21.O.O=C(Cl)C1=NCc2ccccc21. The molecule has 2 aliphatic heterocycles. The van der Waals surface area contributed by atoms with Crippen molar-refractivity contribution in [2.75, 3.05) is 0 Å². The summed E-state index contributed by atoms with van der Waals surface area (Å²) in [6, 6.07) is 15.2. The van der Waals surface area contributed by atoms with Crippen molar-refractivity contribution in [2.24, 2.45) is 15.7 Å². The largest absolute Gasteiger partial charge is 0.412 e. The van der Waals surface area contributed by atoms with Crippen molar-refractivity contribution in [1.29, 1.82) is 0 Å². The Balaban J connectivity index is 0.000000451. The fourth-order valence-corrected chi connectivity index (χ4v) is 2.82. The number of hydrogen-bond acceptors (Lipinski definition) is 5. The Morgan fingerprint density at radius 3 is 1.70 bits per heavy atom. The van der Waals surface area contributed by atoms with E-state index < -0.39 is 11.1 Å². The maximum Gasteiger partial charge on any atom is 0.271 e. The second-order valence-electron chi connectivity index (χ2n) is 5.28. The molecule has 2 aliphatic rings. The summed E-state index contributed by atoms with van der Waals surface area (Å²) in [5.41, 5.74) is 9.84. The number of nitrogens with zero attached hydrogens (tertiary/aromatic N) is 2. The summed E-state index contributed by atoms with van der Waals surface area (Å²) in [6.45, 7) is 1.15. The number of benzene rings is 2. The Morgan fingerprint density at radius 2 is 1.26 bits per heavy atom. The van der Waals surface area contributed by atoms with Gasteiger partial charge in [-0.1, -0.05) is 56.0 Å². The number of primary amides is 1. The van der Waals surface area contributed by atoms with E-state index in [1.165, 1.54) is 0 Å². The van der Waals surface area contributed by atoms with Crippen LogP contribution in [-0.2, 0) is 22.7 Å². The number of hydrogen-bond donors (Lipinski definition) is 2. The highest BCUT2D eigenvalue weighted by molar-refractivity contribution is 6.84. The Kier molecular flexibility index (Phi) is 9.22. The van der Waals surface area contributed by atoms with E-state index in [1.54, 1.807) is 0 Å². The van der Waals surface area contributed by atoms with Crippen LogP contribution in [0.1, 0.15) is 29.7 Å². The molecule has 2 heterocycles. The number of rotatable bonds is 2. The molecule has 8 heteroatoms. The predicted octanol–water partition coefficient (Wildman–Crippen LogP) is 2.20. The molecule has 0 aliphatic carbocycles. The predicted molar refractivity (Wildman–Crippen MR) is 109 cm³/mol. The first-order valence-corrected chi connectivity index (χ1v) is 7.71. The molecule has 0 unspecified atom stereocenters. The number of amides is 1. The van der Waals surface area contributed by atoms with Gasteiger partial charge in [-0.25, -0.2) is 0 Å². The van der Waals surface area contributed by atoms with Gasteiger partial charge in [-0.15, -0.1) is 0 Å². The smallest absolute Gasteiger partial charge is 0.271 e. The Labute approximate surface area is 162 Å². The minimum absolute atomic E-state index is 0. The van der Waals surface area contributed by atoms with Crippen LogP contribution in [0.2, 0.25) is 0 Å². The zero-order valence-corrected chi connectivity index (χ0v) is 14.7. The third-order valence-corrected chi connectivity index (χ3v) is 3.96. The lowest BCUT2D eigenvalue weighted by atomic mass is 10.1. The normalized spacial score (nSPS) is 12.3. The van der Waals surface area contributed by atoms with E-state index in [-0.39, 0.29) is 19.1 Å². The van der Waals surface area contributed by atoms with Crippen molar-refractivity contribution in [3.63, 3.8) is 0 Å². The topological polar surface area (TPSA) is 151 Å². The molecule has 1 amide bonds. The highest BCUT2D eigenvalue weighted by atomic mass is 35.5. The second kappa shape index (κ2) is 10.3. The molecule has 0 spiro atoms. The zero-order valence-electron chi connectivity index (χ0n) is 13.9. The minimum Gasteiger partial charge on any atom is -0.412 e. The van der Waals surface area contributed by atoms with Crippen LogP contribution in [0.3, 0.4) is 0 Å². The molecular weight excluding hydrogens is 368 g/mol. The molecule has 0 saturated carbocycles. The average molecular weight is 391 g/mol. The summed E-state index contributed by atoms with van der Waals surface area (Å²) >= 11 is 5.34. The van der Waals surface area contributed by atoms with Gasteiger partial charge in [-0.05, 0) is 22.7 Å². The summed E-state index contributed by atoms with van der Waals surface area (Å²) in [5.74, 6) is -0.444. The van der Waals surface area contributed by atoms with Crippen molar-refractivity contribution >= 4 is 34.2 Å². The average Bonchev–Trinajstić information content (AvgIpc) is 3.19. The lowest BCUT2D eigenvalue weighted by molar-refractivity contribution is -0.112. The lowest BCUT2D eigenvalue weighted by Crippen LogP contribution is -2.22. The molecule has 0 fully saturated rings. The van der Waals surface area contributed by atoms with Crippen LogP contribution < -0.4 is 11.9 Å². The van der Waals surface area contributed by atoms with E-state index in [1.807, 2.05) is 48.5 Å². The van der Waals surface area contributed by atoms with Gasteiger partial charge in [0.15, 0.2) is 0 Å². The van der Waals surface area contributed by atoms with Crippen molar-refractivity contribution in [3.8, 4) is 0 Å². The molecule has 2 aromatic carbocycles. The molecule has 144 valence electrons. The van der Waals surface area contributed by atoms with Crippen LogP contribution in [0.15, 0.2) is 58.5 Å². The number of carbonyl (C=O) groups excluding carboxylic acids is 2. The number of halogens is 1. The molecule has 0 aromatic heterocycles. The van der Waals surface area contributed by atoms with E-state index >= 15 is 0 Å². The van der Waals surface area contributed by atoms with Crippen molar-refractivity contribution < 1.29 is 15.1 Å². The zero-order chi connectivity index (χ0) is 17.1. The Hall–Kier alpha value is -2.87. The molecule has 7 nitrogen and oxygen atoms in total. The summed E-state index contributed by atoms with van der Waals surface area (Å²) in [7, 11) is 0. The van der Waals surface area contributed by atoms with Crippen LogP contribution in [-0.4, -0.2) is 28.0 Å². The van der Waals surface area contributed by atoms with Crippen LogP contribution in [0.5, 0.6) is 0 Å². The van der Waals surface area contributed by atoms with Gasteiger partial charge in [-0.2, -0.15) is 0 Å². The number of carbonyl (C=O) groups is 2. The monoisotopic (exact) mass is 390 g/mol. The molecule has 4 rings (SSSR count).